The predicted octanol–water partition coefficient (Wildman–Crippen LogP) is 1.70. The second-order valence-electron chi connectivity index (χ2n) is 5.12. The average Bonchev–Trinajstić information content (AvgIpc) is 2.98. The van der Waals surface area contributed by atoms with Gasteiger partial charge in [0.25, 0.3) is 0 Å². The van der Waals surface area contributed by atoms with Crippen molar-refractivity contribution in [1.29, 1.82) is 0 Å². The summed E-state index contributed by atoms with van der Waals surface area (Å²) in [4.78, 5) is 14.2. The topological polar surface area (TPSA) is 44.4 Å². The molecule has 2 rings (SSSR count). The molecule has 1 aliphatic heterocycles. The third-order valence-electron chi connectivity index (χ3n) is 3.59. The third-order valence-corrected chi connectivity index (χ3v) is 3.59. The molecule has 1 atom stereocenters. The number of para-hydroxylation sites is 1. The number of hydrogen-bond acceptors (Lipinski definition) is 3. The van der Waals surface area contributed by atoms with Crippen molar-refractivity contribution in [2.45, 2.75) is 25.8 Å². The Balaban J connectivity index is 1.64. The van der Waals surface area contributed by atoms with Gasteiger partial charge in [0.1, 0.15) is 0 Å². The maximum Gasteiger partial charge on any atom is 0.239 e. The summed E-state index contributed by atoms with van der Waals surface area (Å²) in [6.45, 7) is 5.57. The normalized spacial score (nSPS) is 17.1. The number of carbonyl (C=O) groups is 1. The SMILES string of the molecule is CC(CNC(=O)CNc1ccccc1)N1CCCC1. The molecule has 1 amide bonds. The zero-order chi connectivity index (χ0) is 13.5. The van der Waals surface area contributed by atoms with Gasteiger partial charge in [0, 0.05) is 18.3 Å². The zero-order valence-corrected chi connectivity index (χ0v) is 11.6. The van der Waals surface area contributed by atoms with E-state index in [9.17, 15) is 4.79 Å². The molecule has 0 aromatic heterocycles. The lowest BCUT2D eigenvalue weighted by atomic mass is 10.3. The van der Waals surface area contributed by atoms with Gasteiger partial charge in [0.05, 0.1) is 6.54 Å². The van der Waals surface area contributed by atoms with Crippen molar-refractivity contribution < 1.29 is 4.79 Å². The summed E-state index contributed by atoms with van der Waals surface area (Å²) in [6, 6.07) is 10.2. The first-order valence-electron chi connectivity index (χ1n) is 7.05. The second kappa shape index (κ2) is 7.14. The molecule has 0 saturated carbocycles. The van der Waals surface area contributed by atoms with Gasteiger partial charge in [-0.2, -0.15) is 0 Å². The molecule has 1 saturated heterocycles. The van der Waals surface area contributed by atoms with Crippen LogP contribution in [0.5, 0.6) is 0 Å². The molecule has 0 bridgehead atoms. The van der Waals surface area contributed by atoms with Crippen molar-refractivity contribution in [3.63, 3.8) is 0 Å². The van der Waals surface area contributed by atoms with Gasteiger partial charge >= 0.3 is 0 Å². The number of hydrogen-bond donors (Lipinski definition) is 2. The Hall–Kier alpha value is -1.55. The van der Waals surface area contributed by atoms with Gasteiger partial charge in [0.15, 0.2) is 0 Å². The highest BCUT2D eigenvalue weighted by molar-refractivity contribution is 5.80. The van der Waals surface area contributed by atoms with Crippen LogP contribution in [-0.2, 0) is 4.79 Å². The maximum atomic E-state index is 11.7. The van der Waals surface area contributed by atoms with E-state index in [2.05, 4.69) is 22.5 Å². The van der Waals surface area contributed by atoms with Crippen molar-refractivity contribution >= 4 is 11.6 Å². The number of likely N-dealkylation sites (tertiary alicyclic amines) is 1. The fraction of sp³-hybridized carbons (Fsp3) is 0.533. The van der Waals surface area contributed by atoms with Crippen LogP contribution in [0.2, 0.25) is 0 Å². The summed E-state index contributed by atoms with van der Waals surface area (Å²) >= 11 is 0. The Morgan fingerprint density at radius 1 is 1.26 bits per heavy atom. The van der Waals surface area contributed by atoms with E-state index in [0.29, 0.717) is 12.6 Å². The molecule has 4 heteroatoms. The van der Waals surface area contributed by atoms with Crippen molar-refractivity contribution in [3.8, 4) is 0 Å². The smallest absolute Gasteiger partial charge is 0.239 e. The third kappa shape index (κ3) is 4.56. The van der Waals surface area contributed by atoms with Gasteiger partial charge in [-0.15, -0.1) is 0 Å². The summed E-state index contributed by atoms with van der Waals surface area (Å²) in [5, 5.41) is 6.10. The zero-order valence-electron chi connectivity index (χ0n) is 11.6. The van der Waals surface area contributed by atoms with Crippen molar-refractivity contribution in [2.24, 2.45) is 0 Å². The molecule has 1 unspecified atom stereocenters. The first kappa shape index (κ1) is 13.9. The van der Waals surface area contributed by atoms with Crippen LogP contribution in [0.15, 0.2) is 30.3 Å². The Morgan fingerprint density at radius 2 is 1.95 bits per heavy atom. The van der Waals surface area contributed by atoms with E-state index in [0.717, 1.165) is 12.2 Å². The van der Waals surface area contributed by atoms with E-state index in [1.807, 2.05) is 30.3 Å². The first-order chi connectivity index (χ1) is 9.25. The van der Waals surface area contributed by atoms with E-state index < -0.39 is 0 Å². The maximum absolute atomic E-state index is 11.7. The molecule has 104 valence electrons. The van der Waals surface area contributed by atoms with E-state index in [4.69, 9.17) is 0 Å². The lowest BCUT2D eigenvalue weighted by Crippen LogP contribution is -2.42. The molecule has 0 spiro atoms. The monoisotopic (exact) mass is 261 g/mol. The standard InChI is InChI=1S/C15H23N3O/c1-13(18-9-5-6-10-18)11-17-15(19)12-16-14-7-3-2-4-8-14/h2-4,7-8,13,16H,5-6,9-12H2,1H3,(H,17,19). The quantitative estimate of drug-likeness (QED) is 0.819. The fourth-order valence-electron chi connectivity index (χ4n) is 2.37. The van der Waals surface area contributed by atoms with Crippen LogP contribution in [0.4, 0.5) is 5.69 Å². The van der Waals surface area contributed by atoms with Crippen LogP contribution in [0.25, 0.3) is 0 Å². The van der Waals surface area contributed by atoms with E-state index >= 15 is 0 Å². The molecule has 0 aliphatic carbocycles. The molecule has 4 nitrogen and oxygen atoms in total. The Labute approximate surface area is 115 Å². The molecule has 1 aromatic rings. The number of rotatable bonds is 6. The fourth-order valence-corrected chi connectivity index (χ4v) is 2.37. The number of nitrogens with zero attached hydrogens (tertiary/aromatic N) is 1. The van der Waals surface area contributed by atoms with Crippen LogP contribution < -0.4 is 10.6 Å². The molecule has 2 N–H and O–H groups in total. The van der Waals surface area contributed by atoms with Gasteiger partial charge < -0.3 is 10.6 Å². The highest BCUT2D eigenvalue weighted by Crippen LogP contribution is 2.10. The Kier molecular flexibility index (Phi) is 5.21. The van der Waals surface area contributed by atoms with Gasteiger partial charge in [-0.1, -0.05) is 18.2 Å². The lowest BCUT2D eigenvalue weighted by molar-refractivity contribution is -0.119. The molecular formula is C15H23N3O. The highest BCUT2D eigenvalue weighted by atomic mass is 16.1. The average molecular weight is 261 g/mol. The molecule has 1 heterocycles. The minimum absolute atomic E-state index is 0.0508. The van der Waals surface area contributed by atoms with Crippen LogP contribution in [0.3, 0.4) is 0 Å². The summed E-state index contributed by atoms with van der Waals surface area (Å²) in [5.74, 6) is 0.0508. The van der Waals surface area contributed by atoms with Crippen molar-refractivity contribution in [2.75, 3.05) is 31.5 Å². The van der Waals surface area contributed by atoms with Crippen LogP contribution in [-0.4, -0.2) is 43.0 Å². The first-order valence-corrected chi connectivity index (χ1v) is 7.05. The van der Waals surface area contributed by atoms with E-state index in [1.165, 1.54) is 25.9 Å². The van der Waals surface area contributed by atoms with Crippen molar-refractivity contribution in [1.82, 2.24) is 10.2 Å². The Bertz CT molecular complexity index is 388. The van der Waals surface area contributed by atoms with Gasteiger partial charge in [-0.25, -0.2) is 0 Å². The number of benzene rings is 1. The van der Waals surface area contributed by atoms with Gasteiger partial charge in [-0.3, -0.25) is 9.69 Å². The summed E-state index contributed by atoms with van der Waals surface area (Å²) < 4.78 is 0. The molecular weight excluding hydrogens is 238 g/mol. The molecule has 1 aromatic carbocycles. The largest absolute Gasteiger partial charge is 0.376 e. The molecule has 1 aliphatic rings. The molecule has 1 fully saturated rings. The van der Waals surface area contributed by atoms with Gasteiger partial charge in [-0.05, 0) is 45.0 Å². The summed E-state index contributed by atoms with van der Waals surface area (Å²) in [5.41, 5.74) is 0.977. The van der Waals surface area contributed by atoms with Crippen LogP contribution >= 0.6 is 0 Å². The highest BCUT2D eigenvalue weighted by Gasteiger charge is 2.18. The number of anilines is 1. The number of nitrogens with one attached hydrogen (secondary N) is 2. The second-order valence-corrected chi connectivity index (χ2v) is 5.12. The van der Waals surface area contributed by atoms with E-state index in [-0.39, 0.29) is 5.91 Å². The van der Waals surface area contributed by atoms with Gasteiger partial charge in [0.2, 0.25) is 5.91 Å². The molecule has 19 heavy (non-hydrogen) atoms. The minimum atomic E-state index is 0.0508. The number of carbonyl (C=O) groups excluding carboxylic acids is 1. The summed E-state index contributed by atoms with van der Waals surface area (Å²) in [7, 11) is 0. The predicted molar refractivity (Wildman–Crippen MR) is 78.2 cm³/mol. The minimum Gasteiger partial charge on any atom is -0.376 e. The Morgan fingerprint density at radius 3 is 2.63 bits per heavy atom. The summed E-state index contributed by atoms with van der Waals surface area (Å²) in [6.07, 6.45) is 2.57. The van der Waals surface area contributed by atoms with E-state index in [1.54, 1.807) is 0 Å². The van der Waals surface area contributed by atoms with Crippen LogP contribution in [0, 0.1) is 0 Å². The van der Waals surface area contributed by atoms with Crippen molar-refractivity contribution in [3.05, 3.63) is 30.3 Å². The van der Waals surface area contributed by atoms with Crippen LogP contribution in [0.1, 0.15) is 19.8 Å². The number of amides is 1. The molecule has 0 radical (unpaired) electrons. The lowest BCUT2D eigenvalue weighted by Gasteiger charge is -2.23.